The van der Waals surface area contributed by atoms with Crippen molar-refractivity contribution in [1.82, 2.24) is 5.32 Å². The third kappa shape index (κ3) is 5.44. The Morgan fingerprint density at radius 3 is 2.74 bits per heavy atom. The molecule has 0 saturated carbocycles. The molecule has 0 spiro atoms. The van der Waals surface area contributed by atoms with Gasteiger partial charge in [0.15, 0.2) is 0 Å². The highest BCUT2D eigenvalue weighted by Gasteiger charge is 2.38. The maximum absolute atomic E-state index is 12.1. The van der Waals surface area contributed by atoms with Gasteiger partial charge in [0.1, 0.15) is 0 Å². The molecule has 19 heavy (non-hydrogen) atoms. The van der Waals surface area contributed by atoms with Crippen molar-refractivity contribution < 1.29 is 18.0 Å². The van der Waals surface area contributed by atoms with Crippen molar-refractivity contribution in [1.29, 1.82) is 0 Å². The average Bonchev–Trinajstić information content (AvgIpc) is 2.34. The highest BCUT2D eigenvalue weighted by Crippen LogP contribution is 2.18. The van der Waals surface area contributed by atoms with Crippen molar-refractivity contribution in [2.75, 3.05) is 11.9 Å². The second-order valence-corrected chi connectivity index (χ2v) is 3.78. The summed E-state index contributed by atoms with van der Waals surface area (Å²) >= 11 is 0. The number of rotatable bonds is 5. The van der Waals surface area contributed by atoms with Gasteiger partial charge in [-0.1, -0.05) is 12.1 Å². The van der Waals surface area contributed by atoms with Gasteiger partial charge in [-0.25, -0.2) is 0 Å². The molecular weight excluding hydrogens is 257 g/mol. The van der Waals surface area contributed by atoms with Gasteiger partial charge in [-0.2, -0.15) is 13.2 Å². The summed E-state index contributed by atoms with van der Waals surface area (Å²) in [6.07, 6.45) is 0.770. The zero-order chi connectivity index (χ0) is 14.3. The van der Waals surface area contributed by atoms with Crippen LogP contribution < -0.4 is 10.6 Å². The van der Waals surface area contributed by atoms with E-state index in [-0.39, 0.29) is 5.69 Å². The molecule has 1 rings (SSSR count). The zero-order valence-electron chi connectivity index (χ0n) is 10.1. The van der Waals surface area contributed by atoms with E-state index in [1.54, 1.807) is 17.4 Å². The lowest BCUT2D eigenvalue weighted by Crippen LogP contribution is -2.29. The third-order valence-corrected chi connectivity index (χ3v) is 2.22. The van der Waals surface area contributed by atoms with Gasteiger partial charge >= 0.3 is 12.1 Å². The second kappa shape index (κ2) is 6.81. The second-order valence-electron chi connectivity index (χ2n) is 3.78. The maximum Gasteiger partial charge on any atom is 0.471 e. The van der Waals surface area contributed by atoms with Crippen molar-refractivity contribution in [3.05, 3.63) is 29.8 Å². The van der Waals surface area contributed by atoms with Crippen molar-refractivity contribution >= 4 is 11.6 Å². The summed E-state index contributed by atoms with van der Waals surface area (Å²) in [5, 5.41) is 4.84. The molecular formula is C13H13F3N2O. The number of anilines is 1. The van der Waals surface area contributed by atoms with Crippen molar-refractivity contribution in [3.63, 3.8) is 0 Å². The molecule has 0 aliphatic carbocycles. The first-order valence-corrected chi connectivity index (χ1v) is 5.55. The molecule has 0 aromatic heterocycles. The molecule has 0 aliphatic heterocycles. The average molecular weight is 270 g/mol. The Hall–Kier alpha value is -2.00. The van der Waals surface area contributed by atoms with Crippen LogP contribution in [0.25, 0.3) is 0 Å². The summed E-state index contributed by atoms with van der Waals surface area (Å²) in [6.45, 7) is 1.09. The van der Waals surface area contributed by atoms with Crippen LogP contribution in [-0.4, -0.2) is 18.6 Å². The van der Waals surface area contributed by atoms with Gasteiger partial charge in [-0.15, -0.1) is 12.3 Å². The molecule has 0 bridgehead atoms. The first-order valence-electron chi connectivity index (χ1n) is 5.55. The molecule has 0 fully saturated rings. The highest BCUT2D eigenvalue weighted by atomic mass is 19.4. The van der Waals surface area contributed by atoms with Gasteiger partial charge in [-0.3, -0.25) is 4.79 Å². The van der Waals surface area contributed by atoms with Gasteiger partial charge in [0.05, 0.1) is 0 Å². The Balaban J connectivity index is 2.57. The number of hydrogen-bond acceptors (Lipinski definition) is 2. The minimum absolute atomic E-state index is 0.110. The van der Waals surface area contributed by atoms with Crippen LogP contribution in [0, 0.1) is 12.3 Å². The molecule has 6 heteroatoms. The van der Waals surface area contributed by atoms with E-state index < -0.39 is 12.1 Å². The Morgan fingerprint density at radius 1 is 1.37 bits per heavy atom. The molecule has 0 unspecified atom stereocenters. The first kappa shape index (κ1) is 15.1. The van der Waals surface area contributed by atoms with Crippen LogP contribution in [0.5, 0.6) is 0 Å². The van der Waals surface area contributed by atoms with Gasteiger partial charge in [-0.05, 0) is 17.7 Å². The number of alkyl halides is 3. The predicted molar refractivity (Wildman–Crippen MR) is 66.3 cm³/mol. The fourth-order valence-corrected chi connectivity index (χ4v) is 1.35. The zero-order valence-corrected chi connectivity index (χ0v) is 10.1. The van der Waals surface area contributed by atoms with Crippen LogP contribution in [0.2, 0.25) is 0 Å². The Bertz CT molecular complexity index is 478. The summed E-state index contributed by atoms with van der Waals surface area (Å²) < 4.78 is 36.2. The Labute approximate surface area is 109 Å². The number of carbonyl (C=O) groups is 1. The summed E-state index contributed by atoms with van der Waals surface area (Å²) in [4.78, 5) is 10.8. The largest absolute Gasteiger partial charge is 0.471 e. The molecule has 1 aromatic carbocycles. The SMILES string of the molecule is C#CCCNCc1cccc(NC(=O)C(F)(F)F)c1. The Morgan fingerprint density at radius 2 is 2.11 bits per heavy atom. The van der Waals surface area contributed by atoms with Crippen molar-refractivity contribution in [2.45, 2.75) is 19.1 Å². The van der Waals surface area contributed by atoms with Crippen LogP contribution in [0.15, 0.2) is 24.3 Å². The summed E-state index contributed by atoms with van der Waals surface area (Å²) in [7, 11) is 0. The number of terminal acetylenes is 1. The van der Waals surface area contributed by atoms with E-state index in [1.165, 1.54) is 12.1 Å². The number of hydrogen-bond donors (Lipinski definition) is 2. The van der Waals surface area contributed by atoms with Gasteiger partial charge in [0.2, 0.25) is 0 Å². The molecule has 102 valence electrons. The standard InChI is InChI=1S/C13H13F3N2O/c1-2-3-7-17-9-10-5-4-6-11(8-10)18-12(19)13(14,15)16/h1,4-6,8,17H,3,7,9H2,(H,18,19). The summed E-state index contributed by atoms with van der Waals surface area (Å²) in [5.74, 6) is 0.482. The molecule has 0 heterocycles. The molecule has 3 nitrogen and oxygen atoms in total. The lowest BCUT2D eigenvalue weighted by atomic mass is 10.2. The number of halogens is 3. The maximum atomic E-state index is 12.1. The molecule has 1 aromatic rings. The van der Waals surface area contributed by atoms with Crippen LogP contribution in [0.3, 0.4) is 0 Å². The van der Waals surface area contributed by atoms with E-state index >= 15 is 0 Å². The lowest BCUT2D eigenvalue weighted by Gasteiger charge is -2.09. The molecule has 2 N–H and O–H groups in total. The monoisotopic (exact) mass is 270 g/mol. The van der Waals surface area contributed by atoms with Gasteiger partial charge in [0.25, 0.3) is 0 Å². The summed E-state index contributed by atoms with van der Waals surface area (Å²) in [6, 6.07) is 6.19. The van der Waals surface area contributed by atoms with E-state index in [4.69, 9.17) is 6.42 Å². The molecule has 0 aliphatic rings. The van der Waals surface area contributed by atoms with Gasteiger partial charge < -0.3 is 10.6 Å². The quantitative estimate of drug-likeness (QED) is 0.636. The number of amides is 1. The molecule has 1 amide bonds. The van der Waals surface area contributed by atoms with E-state index in [0.717, 1.165) is 5.56 Å². The summed E-state index contributed by atoms with van der Waals surface area (Å²) in [5.41, 5.74) is 0.871. The van der Waals surface area contributed by atoms with E-state index in [2.05, 4.69) is 11.2 Å². The van der Waals surface area contributed by atoms with Crippen LogP contribution in [0.1, 0.15) is 12.0 Å². The number of nitrogens with one attached hydrogen (secondary N) is 2. The van der Waals surface area contributed by atoms with Crippen molar-refractivity contribution in [2.24, 2.45) is 0 Å². The predicted octanol–water partition coefficient (Wildman–Crippen LogP) is 2.30. The van der Waals surface area contributed by atoms with E-state index in [9.17, 15) is 18.0 Å². The molecule has 0 saturated heterocycles. The van der Waals surface area contributed by atoms with E-state index in [0.29, 0.717) is 19.5 Å². The van der Waals surface area contributed by atoms with Crippen LogP contribution >= 0.6 is 0 Å². The van der Waals surface area contributed by atoms with E-state index in [1.807, 2.05) is 0 Å². The molecule has 0 atom stereocenters. The third-order valence-electron chi connectivity index (χ3n) is 2.22. The van der Waals surface area contributed by atoms with Crippen LogP contribution in [0.4, 0.5) is 18.9 Å². The number of benzene rings is 1. The highest BCUT2D eigenvalue weighted by molar-refractivity contribution is 5.94. The topological polar surface area (TPSA) is 41.1 Å². The van der Waals surface area contributed by atoms with Crippen molar-refractivity contribution in [3.8, 4) is 12.3 Å². The normalized spacial score (nSPS) is 10.8. The fourth-order valence-electron chi connectivity index (χ4n) is 1.35. The van der Waals surface area contributed by atoms with Gasteiger partial charge in [0, 0.05) is 25.2 Å². The molecule has 0 radical (unpaired) electrons. The smallest absolute Gasteiger partial charge is 0.318 e. The fraction of sp³-hybridized carbons (Fsp3) is 0.308. The minimum atomic E-state index is -4.89. The lowest BCUT2D eigenvalue weighted by molar-refractivity contribution is -0.167. The first-order chi connectivity index (χ1) is 8.93. The number of carbonyl (C=O) groups excluding carboxylic acids is 1. The van der Waals surface area contributed by atoms with Crippen LogP contribution in [-0.2, 0) is 11.3 Å². The Kier molecular flexibility index (Phi) is 5.39. The minimum Gasteiger partial charge on any atom is -0.318 e.